The topological polar surface area (TPSA) is 79.4 Å². The van der Waals surface area contributed by atoms with Gasteiger partial charge in [0.05, 0.1) is 0 Å². The van der Waals surface area contributed by atoms with Gasteiger partial charge in [0.25, 0.3) is 5.91 Å². The van der Waals surface area contributed by atoms with Crippen molar-refractivity contribution in [1.82, 2.24) is 15.4 Å². The monoisotopic (exact) mass is 249 g/mol. The molecule has 0 aromatic carbocycles. The van der Waals surface area contributed by atoms with E-state index in [4.69, 9.17) is 4.84 Å². The molecule has 1 aromatic heterocycles. The van der Waals surface area contributed by atoms with Gasteiger partial charge in [0.15, 0.2) is 0 Å². The maximum absolute atomic E-state index is 11.4. The maximum Gasteiger partial charge on any atom is 0.268 e. The van der Waals surface area contributed by atoms with Crippen LogP contribution in [0, 0.1) is 0 Å². The van der Waals surface area contributed by atoms with Gasteiger partial charge in [-0.25, -0.2) is 15.4 Å². The molecule has 1 unspecified atom stereocenters. The summed E-state index contributed by atoms with van der Waals surface area (Å²) in [6.45, 7) is 2.37. The molecule has 2 N–H and O–H groups in total. The van der Waals surface area contributed by atoms with Gasteiger partial charge in [0, 0.05) is 19.2 Å². The van der Waals surface area contributed by atoms with Crippen LogP contribution in [-0.2, 0) is 9.63 Å². The highest BCUT2D eigenvalue weighted by atomic mass is 16.7. The van der Waals surface area contributed by atoms with Crippen LogP contribution in [0.25, 0.3) is 0 Å². The van der Waals surface area contributed by atoms with E-state index in [9.17, 15) is 4.79 Å². The van der Waals surface area contributed by atoms with Crippen molar-refractivity contribution in [2.45, 2.75) is 18.9 Å². The van der Waals surface area contributed by atoms with E-state index in [2.05, 4.69) is 25.7 Å². The number of nitrogens with one attached hydrogen (secondary N) is 2. The first-order valence-electron chi connectivity index (χ1n) is 6.08. The van der Waals surface area contributed by atoms with E-state index in [0.717, 1.165) is 18.9 Å². The Morgan fingerprint density at radius 3 is 2.94 bits per heavy atom. The zero-order valence-electron chi connectivity index (χ0n) is 9.93. The van der Waals surface area contributed by atoms with Crippen LogP contribution in [0.2, 0.25) is 0 Å². The van der Waals surface area contributed by atoms with Crippen molar-refractivity contribution in [3.63, 3.8) is 0 Å². The molecule has 3 heterocycles. The molecule has 0 saturated carbocycles. The number of rotatable bonds is 3. The summed E-state index contributed by atoms with van der Waals surface area (Å²) in [4.78, 5) is 26.8. The van der Waals surface area contributed by atoms with Crippen LogP contribution in [0.1, 0.15) is 12.8 Å². The molecule has 7 heteroatoms. The van der Waals surface area contributed by atoms with E-state index in [0.29, 0.717) is 12.4 Å². The lowest BCUT2D eigenvalue weighted by atomic mass is 10.3. The normalized spacial score (nSPS) is 23.2. The highest BCUT2D eigenvalue weighted by molar-refractivity contribution is 5.85. The molecule has 1 atom stereocenters. The Bertz CT molecular complexity index is 447. The molecular formula is C11H15N5O2. The van der Waals surface area contributed by atoms with Crippen LogP contribution in [0.5, 0.6) is 0 Å². The fraction of sp³-hybridized carbons (Fsp3) is 0.545. The molecule has 2 fully saturated rings. The highest BCUT2D eigenvalue weighted by Crippen LogP contribution is 2.19. The number of hydrogen-bond donors (Lipinski definition) is 2. The van der Waals surface area contributed by atoms with E-state index in [1.165, 1.54) is 19.2 Å². The number of aromatic nitrogens is 2. The van der Waals surface area contributed by atoms with Gasteiger partial charge >= 0.3 is 0 Å². The van der Waals surface area contributed by atoms with Gasteiger partial charge < -0.3 is 10.2 Å². The van der Waals surface area contributed by atoms with Gasteiger partial charge in [0.1, 0.15) is 30.6 Å². The number of carbonyl (C=O) groups is 1. The summed E-state index contributed by atoms with van der Waals surface area (Å²) in [5.41, 5.74) is 2.30. The SMILES string of the molecule is O=C1NOCC1Nc1cc(N2CCCC2)ncn1. The number of hydrogen-bond acceptors (Lipinski definition) is 6. The molecule has 96 valence electrons. The molecule has 18 heavy (non-hydrogen) atoms. The second kappa shape index (κ2) is 4.77. The lowest BCUT2D eigenvalue weighted by Gasteiger charge is -2.17. The molecule has 2 aliphatic rings. The predicted molar refractivity (Wildman–Crippen MR) is 65.0 cm³/mol. The Morgan fingerprint density at radius 2 is 2.22 bits per heavy atom. The van der Waals surface area contributed by atoms with Crippen LogP contribution in [-0.4, -0.2) is 41.6 Å². The average Bonchev–Trinajstić information content (AvgIpc) is 3.02. The van der Waals surface area contributed by atoms with Crippen molar-refractivity contribution in [3.8, 4) is 0 Å². The molecule has 0 radical (unpaired) electrons. The van der Waals surface area contributed by atoms with Crippen molar-refractivity contribution in [2.75, 3.05) is 29.9 Å². The highest BCUT2D eigenvalue weighted by Gasteiger charge is 2.25. The number of anilines is 2. The zero-order valence-corrected chi connectivity index (χ0v) is 9.93. The van der Waals surface area contributed by atoms with Gasteiger partial charge in [0.2, 0.25) is 0 Å². The first-order chi connectivity index (χ1) is 8.83. The van der Waals surface area contributed by atoms with Crippen molar-refractivity contribution < 1.29 is 9.63 Å². The number of amides is 1. The molecular weight excluding hydrogens is 234 g/mol. The first-order valence-corrected chi connectivity index (χ1v) is 6.08. The second-order valence-electron chi connectivity index (χ2n) is 4.43. The summed E-state index contributed by atoms with van der Waals surface area (Å²) < 4.78 is 0. The lowest BCUT2D eigenvalue weighted by Crippen LogP contribution is -2.31. The molecule has 0 bridgehead atoms. The molecule has 2 aliphatic heterocycles. The van der Waals surface area contributed by atoms with Crippen molar-refractivity contribution in [2.24, 2.45) is 0 Å². The minimum Gasteiger partial charge on any atom is -0.356 e. The van der Waals surface area contributed by atoms with Gasteiger partial charge in [-0.1, -0.05) is 0 Å². The largest absolute Gasteiger partial charge is 0.356 e. The summed E-state index contributed by atoms with van der Waals surface area (Å²) in [5, 5.41) is 3.04. The van der Waals surface area contributed by atoms with Crippen molar-refractivity contribution in [1.29, 1.82) is 0 Å². The third-order valence-corrected chi connectivity index (χ3v) is 3.14. The quantitative estimate of drug-likeness (QED) is 0.780. The zero-order chi connectivity index (χ0) is 12.4. The smallest absolute Gasteiger partial charge is 0.268 e. The Balaban J connectivity index is 1.72. The standard InChI is InChI=1S/C11H15N5O2/c17-11-8(6-18-15-11)14-9-5-10(13-7-12-9)16-3-1-2-4-16/h5,7-8H,1-4,6H2,(H,15,17)(H,12,13,14). The van der Waals surface area contributed by atoms with Gasteiger partial charge in [-0.3, -0.25) is 9.63 Å². The molecule has 0 aliphatic carbocycles. The molecule has 2 saturated heterocycles. The summed E-state index contributed by atoms with van der Waals surface area (Å²) in [6, 6.07) is 1.49. The minimum atomic E-state index is -0.383. The van der Waals surface area contributed by atoms with Crippen molar-refractivity contribution >= 4 is 17.5 Å². The third kappa shape index (κ3) is 2.21. The lowest BCUT2D eigenvalue weighted by molar-refractivity contribution is -0.124. The summed E-state index contributed by atoms with van der Waals surface area (Å²) in [6.07, 6.45) is 3.92. The molecule has 7 nitrogen and oxygen atoms in total. The third-order valence-electron chi connectivity index (χ3n) is 3.14. The Hall–Kier alpha value is -1.89. The van der Waals surface area contributed by atoms with E-state index in [1.807, 2.05) is 6.07 Å². The fourth-order valence-electron chi connectivity index (χ4n) is 2.17. The van der Waals surface area contributed by atoms with E-state index in [1.54, 1.807) is 0 Å². The molecule has 1 amide bonds. The Labute approximate surface area is 105 Å². The van der Waals surface area contributed by atoms with Crippen LogP contribution in [0.4, 0.5) is 11.6 Å². The van der Waals surface area contributed by atoms with Gasteiger partial charge in [-0.05, 0) is 12.8 Å². The summed E-state index contributed by atoms with van der Waals surface area (Å²) in [5.74, 6) is 1.39. The Kier molecular flexibility index (Phi) is 2.97. The van der Waals surface area contributed by atoms with E-state index < -0.39 is 0 Å². The van der Waals surface area contributed by atoms with Gasteiger partial charge in [-0.2, -0.15) is 0 Å². The second-order valence-corrected chi connectivity index (χ2v) is 4.43. The van der Waals surface area contributed by atoms with Crippen LogP contribution >= 0.6 is 0 Å². The molecule has 0 spiro atoms. The van der Waals surface area contributed by atoms with E-state index >= 15 is 0 Å². The van der Waals surface area contributed by atoms with Crippen LogP contribution in [0.3, 0.4) is 0 Å². The molecule has 1 aromatic rings. The average molecular weight is 249 g/mol. The number of hydroxylamine groups is 1. The van der Waals surface area contributed by atoms with E-state index in [-0.39, 0.29) is 11.9 Å². The number of nitrogens with zero attached hydrogens (tertiary/aromatic N) is 3. The predicted octanol–water partition coefficient (Wildman–Crippen LogP) is -0.0813. The van der Waals surface area contributed by atoms with Gasteiger partial charge in [-0.15, -0.1) is 0 Å². The number of carbonyl (C=O) groups excluding carboxylic acids is 1. The van der Waals surface area contributed by atoms with Crippen LogP contribution in [0.15, 0.2) is 12.4 Å². The summed E-state index contributed by atoms with van der Waals surface area (Å²) in [7, 11) is 0. The maximum atomic E-state index is 11.4. The summed E-state index contributed by atoms with van der Waals surface area (Å²) >= 11 is 0. The van der Waals surface area contributed by atoms with Crippen LogP contribution < -0.4 is 15.7 Å². The fourth-order valence-corrected chi connectivity index (χ4v) is 2.17. The Morgan fingerprint density at radius 1 is 1.39 bits per heavy atom. The minimum absolute atomic E-state index is 0.170. The van der Waals surface area contributed by atoms with Crippen molar-refractivity contribution in [3.05, 3.63) is 12.4 Å². The first kappa shape index (κ1) is 11.2. The molecule has 3 rings (SSSR count).